The second-order valence-corrected chi connectivity index (χ2v) is 4.63. The number of amides is 1. The summed E-state index contributed by atoms with van der Waals surface area (Å²) in [6, 6.07) is 2.63. The molecule has 0 aliphatic carbocycles. The normalized spacial score (nSPS) is 19.1. The fraction of sp³-hybridized carbons (Fsp3) is 0.400. The Morgan fingerprint density at radius 3 is 3.11 bits per heavy atom. The number of furan rings is 1. The third kappa shape index (κ3) is 3.25. The number of thioether (sulfide) groups is 1. The van der Waals surface area contributed by atoms with Gasteiger partial charge in [0.25, 0.3) is 0 Å². The van der Waals surface area contributed by atoms with Crippen LogP contribution in [-0.4, -0.2) is 46.9 Å². The SMILES string of the molecule is CS[13CH2][13CH]1[13CH2]N(/N=C/c2ccc([N+](=O)[O-])o2)C(=O)O1. The van der Waals surface area contributed by atoms with Crippen LogP contribution < -0.4 is 0 Å². The smallest absolute Gasteiger partial charge is 0.433 e. The molecule has 0 radical (unpaired) electrons. The number of carbonyl (C=O) groups is 1. The van der Waals surface area contributed by atoms with Gasteiger partial charge in [0.2, 0.25) is 0 Å². The number of hydrogen-bond donors (Lipinski definition) is 0. The van der Waals surface area contributed by atoms with E-state index >= 15 is 0 Å². The van der Waals surface area contributed by atoms with Crippen molar-refractivity contribution in [1.82, 2.24) is 5.01 Å². The largest absolute Gasteiger partial charge is 0.442 e. The molecule has 0 bridgehead atoms. The number of carbonyl (C=O) groups excluding carboxylic acids is 1. The molecule has 0 aromatic carbocycles. The minimum Gasteiger partial charge on any atom is -0.442 e. The van der Waals surface area contributed by atoms with Crippen molar-refractivity contribution in [2.45, 2.75) is 6.10 Å². The predicted octanol–water partition coefficient (Wildman–Crippen LogP) is 1.71. The van der Waals surface area contributed by atoms with Crippen LogP contribution in [0.15, 0.2) is 21.7 Å². The molecule has 1 amide bonds. The van der Waals surface area contributed by atoms with Gasteiger partial charge in [-0.2, -0.15) is 21.9 Å². The van der Waals surface area contributed by atoms with Crippen molar-refractivity contribution in [2.24, 2.45) is 5.10 Å². The third-order valence-corrected chi connectivity index (χ3v) is 3.03. The van der Waals surface area contributed by atoms with Crippen molar-refractivity contribution in [3.8, 4) is 0 Å². The average Bonchev–Trinajstić information content (AvgIpc) is 2.94. The Labute approximate surface area is 112 Å². The molecule has 0 N–H and O–H groups in total. The van der Waals surface area contributed by atoms with Crippen molar-refractivity contribution in [3.05, 3.63) is 28.0 Å². The molecule has 2 rings (SSSR count). The van der Waals surface area contributed by atoms with Gasteiger partial charge in [0, 0.05) is 5.75 Å². The summed E-state index contributed by atoms with van der Waals surface area (Å²) >= 11 is 1.57. The molecule has 0 spiro atoms. The lowest BCUT2D eigenvalue weighted by Gasteiger charge is -2.04. The molecule has 102 valence electrons. The molecule has 9 heteroatoms. The molecule has 1 aliphatic heterocycles. The maximum absolute atomic E-state index is 11.4. The Kier molecular flexibility index (Phi) is 4.05. The average molecular weight is 288 g/mol. The van der Waals surface area contributed by atoms with Crippen LogP contribution in [-0.2, 0) is 4.74 Å². The van der Waals surface area contributed by atoms with Crippen LogP contribution in [0.4, 0.5) is 10.7 Å². The zero-order valence-corrected chi connectivity index (χ0v) is 10.8. The second kappa shape index (κ2) is 5.74. The number of cyclic esters (lactones) is 1. The number of rotatable bonds is 5. The predicted molar refractivity (Wildman–Crippen MR) is 68.3 cm³/mol. The van der Waals surface area contributed by atoms with Crippen molar-refractivity contribution < 1.29 is 18.9 Å². The number of nitrogens with zero attached hydrogens (tertiary/aromatic N) is 3. The van der Waals surface area contributed by atoms with E-state index in [1.165, 1.54) is 18.3 Å². The maximum Gasteiger partial charge on any atom is 0.433 e. The van der Waals surface area contributed by atoms with Gasteiger partial charge in [0.1, 0.15) is 11.0 Å². The highest BCUT2D eigenvalue weighted by Crippen LogP contribution is 2.16. The molecule has 1 saturated heterocycles. The Morgan fingerprint density at radius 2 is 2.47 bits per heavy atom. The zero-order chi connectivity index (χ0) is 13.8. The molecule has 19 heavy (non-hydrogen) atoms. The number of hydrogen-bond acceptors (Lipinski definition) is 7. The van der Waals surface area contributed by atoms with Gasteiger partial charge in [-0.3, -0.25) is 10.1 Å². The van der Waals surface area contributed by atoms with Crippen molar-refractivity contribution in [1.29, 1.82) is 0 Å². The first-order valence-electron chi connectivity index (χ1n) is 5.35. The lowest BCUT2D eigenvalue weighted by Crippen LogP contribution is -2.19. The molecule has 2 heterocycles. The monoisotopic (exact) mass is 288 g/mol. The summed E-state index contributed by atoms with van der Waals surface area (Å²) in [6.07, 6.45) is 2.44. The van der Waals surface area contributed by atoms with Gasteiger partial charge >= 0.3 is 12.0 Å². The van der Waals surface area contributed by atoms with Gasteiger partial charge in [-0.15, -0.1) is 0 Å². The number of nitro groups is 1. The van der Waals surface area contributed by atoms with Crippen LogP contribution in [0, 0.1) is 10.1 Å². The van der Waals surface area contributed by atoms with Crippen LogP contribution in [0.5, 0.6) is 0 Å². The van der Waals surface area contributed by atoms with Crippen LogP contribution in [0.3, 0.4) is 0 Å². The Morgan fingerprint density at radius 1 is 1.68 bits per heavy atom. The molecule has 0 saturated carbocycles. The first-order chi connectivity index (χ1) is 9.10. The first-order valence-corrected chi connectivity index (χ1v) is 6.75. The second-order valence-electron chi connectivity index (χ2n) is 3.72. The fourth-order valence-electron chi connectivity index (χ4n) is 1.51. The molecule has 8 nitrogen and oxygen atoms in total. The summed E-state index contributed by atoms with van der Waals surface area (Å²) in [7, 11) is 0. The standard InChI is InChI=1S/C10H11N3O5S/c1-19-6-8-5-12(10(14)18-8)11-4-7-2-3-9(17-7)13(15)16/h2-4,8H,5-6H2,1H3/b11-4+/i5+1,6+1,8+1. The first kappa shape index (κ1) is 13.4. The molecule has 1 aliphatic rings. The fourth-order valence-corrected chi connectivity index (χ4v) is 2.06. The molecular formula is C10H11N3O5S. The highest BCUT2D eigenvalue weighted by Gasteiger charge is 2.30. The zero-order valence-electron chi connectivity index (χ0n) is 10.0. The van der Waals surface area contributed by atoms with Gasteiger partial charge in [-0.05, 0) is 12.3 Å². The van der Waals surface area contributed by atoms with Crippen molar-refractivity contribution in [3.63, 3.8) is 0 Å². The molecule has 1 fully saturated rings. The maximum atomic E-state index is 11.4. The topological polar surface area (TPSA) is 98.2 Å². The van der Waals surface area contributed by atoms with E-state index in [0.29, 0.717) is 12.3 Å². The van der Waals surface area contributed by atoms with Gasteiger partial charge < -0.3 is 9.15 Å². The number of ether oxygens (including phenoxy) is 1. The van der Waals surface area contributed by atoms with Gasteiger partial charge in [0.15, 0.2) is 5.76 Å². The van der Waals surface area contributed by atoms with E-state index in [-0.39, 0.29) is 17.7 Å². The number of hydrazone groups is 1. The van der Waals surface area contributed by atoms with Crippen LogP contribution in [0.1, 0.15) is 5.76 Å². The summed E-state index contributed by atoms with van der Waals surface area (Å²) in [5.74, 6) is 0.530. The van der Waals surface area contributed by atoms with E-state index in [2.05, 4.69) is 5.10 Å². The molecule has 1 aromatic heterocycles. The Balaban J connectivity index is 1.98. The van der Waals surface area contributed by atoms with Crippen LogP contribution in [0.2, 0.25) is 0 Å². The van der Waals surface area contributed by atoms with Gasteiger partial charge in [-0.25, -0.2) is 4.79 Å². The Hall–Kier alpha value is -2.03. The molecular weight excluding hydrogens is 277 g/mol. The van der Waals surface area contributed by atoms with Gasteiger partial charge in [-0.1, -0.05) is 0 Å². The highest BCUT2D eigenvalue weighted by molar-refractivity contribution is 7.98. The molecule has 1 aromatic rings. The van der Waals surface area contributed by atoms with Crippen LogP contribution in [0.25, 0.3) is 0 Å². The summed E-state index contributed by atoms with van der Waals surface area (Å²) < 4.78 is 9.94. The molecule has 1 unspecified atom stereocenters. The summed E-state index contributed by atoms with van der Waals surface area (Å²) in [4.78, 5) is 21.2. The van der Waals surface area contributed by atoms with Crippen molar-refractivity contribution >= 4 is 30.0 Å². The summed E-state index contributed by atoms with van der Waals surface area (Å²) in [5.41, 5.74) is 0. The minimum atomic E-state index is -0.643. The van der Waals surface area contributed by atoms with E-state index in [1.54, 1.807) is 11.8 Å². The van der Waals surface area contributed by atoms with E-state index in [0.717, 1.165) is 5.01 Å². The van der Waals surface area contributed by atoms with E-state index in [4.69, 9.17) is 9.15 Å². The lowest BCUT2D eigenvalue weighted by molar-refractivity contribution is -0.402. The highest BCUT2D eigenvalue weighted by atomic mass is 32.2. The summed E-state index contributed by atoms with van der Waals surface area (Å²) in [6.45, 7) is 0.360. The Bertz CT molecular complexity index is 515. The van der Waals surface area contributed by atoms with E-state index in [1.807, 2.05) is 6.26 Å². The van der Waals surface area contributed by atoms with Crippen molar-refractivity contribution in [2.75, 3.05) is 18.6 Å². The van der Waals surface area contributed by atoms with Crippen LogP contribution >= 0.6 is 11.8 Å². The summed E-state index contributed by atoms with van der Waals surface area (Å²) in [5, 5.41) is 15.5. The van der Waals surface area contributed by atoms with Gasteiger partial charge in [0.05, 0.1) is 18.8 Å². The quantitative estimate of drug-likeness (QED) is 0.354. The third-order valence-electron chi connectivity index (χ3n) is 2.32. The minimum absolute atomic E-state index is 0.189. The van der Waals surface area contributed by atoms with E-state index in [9.17, 15) is 14.9 Å². The van der Waals surface area contributed by atoms with E-state index < -0.39 is 11.0 Å². The molecule has 1 atom stereocenters. The lowest BCUT2D eigenvalue weighted by atomic mass is 10.5.